The third-order valence-electron chi connectivity index (χ3n) is 7.63. The van der Waals surface area contributed by atoms with Crippen LogP contribution in [0.2, 0.25) is 5.02 Å². The number of carboxylic acid groups (broad SMARTS) is 1. The van der Waals surface area contributed by atoms with Crippen molar-refractivity contribution in [3.8, 4) is 5.75 Å². The van der Waals surface area contributed by atoms with Crippen LogP contribution in [0.25, 0.3) is 10.9 Å². The van der Waals surface area contributed by atoms with Crippen molar-refractivity contribution in [3.63, 3.8) is 0 Å². The Kier molecular flexibility index (Phi) is 10.2. The molecular weight excluding hydrogens is 511 g/mol. The summed E-state index contributed by atoms with van der Waals surface area (Å²) in [4.78, 5) is 19.4. The van der Waals surface area contributed by atoms with Crippen molar-refractivity contribution in [2.45, 2.75) is 57.5 Å². The zero-order valence-electron chi connectivity index (χ0n) is 21.4. The molecule has 0 bridgehead atoms. The number of aryl methyl sites for hydroxylation is 1. The summed E-state index contributed by atoms with van der Waals surface area (Å²) >= 11 is 7.93. The molecule has 3 heterocycles. The minimum atomic E-state index is -1.10. The molecule has 0 aliphatic carbocycles. The zero-order chi connectivity index (χ0) is 26.2. The van der Waals surface area contributed by atoms with E-state index in [4.69, 9.17) is 16.3 Å². The van der Waals surface area contributed by atoms with Gasteiger partial charge in [0.2, 0.25) is 0 Å². The SMILES string of the molecule is COc1ccc2nccc(C(F)CC[C@@H]3CCN(CCCCc4sccc4Cl)C[C@@H]3CCC(=O)O)c2c1. The minimum absolute atomic E-state index is 0.166. The molecule has 8 heteroatoms. The molecule has 3 atom stereocenters. The molecule has 0 radical (unpaired) electrons. The lowest BCUT2D eigenvalue weighted by molar-refractivity contribution is -0.137. The Labute approximate surface area is 227 Å². The number of alkyl halides is 1. The molecule has 1 N–H and O–H groups in total. The Morgan fingerprint density at radius 3 is 2.89 bits per heavy atom. The highest BCUT2D eigenvalue weighted by Crippen LogP contribution is 2.36. The van der Waals surface area contributed by atoms with Gasteiger partial charge in [0.1, 0.15) is 11.9 Å². The van der Waals surface area contributed by atoms with Crippen molar-refractivity contribution in [3.05, 3.63) is 57.4 Å². The number of fused-ring (bicyclic) bond motifs is 1. The van der Waals surface area contributed by atoms with E-state index in [-0.39, 0.29) is 12.3 Å². The first-order valence-corrected chi connectivity index (χ1v) is 14.4. The highest BCUT2D eigenvalue weighted by Gasteiger charge is 2.30. The number of aromatic nitrogens is 1. The van der Waals surface area contributed by atoms with Crippen LogP contribution in [-0.4, -0.2) is 47.7 Å². The van der Waals surface area contributed by atoms with Crippen LogP contribution in [0.3, 0.4) is 0 Å². The van der Waals surface area contributed by atoms with Gasteiger partial charge in [-0.25, -0.2) is 4.39 Å². The minimum Gasteiger partial charge on any atom is -0.497 e. The summed E-state index contributed by atoms with van der Waals surface area (Å²) in [5, 5.41) is 13.0. The number of carboxylic acids is 1. The van der Waals surface area contributed by atoms with Gasteiger partial charge in [0.25, 0.3) is 0 Å². The molecule has 1 fully saturated rings. The van der Waals surface area contributed by atoms with Crippen LogP contribution in [0, 0.1) is 11.8 Å². The van der Waals surface area contributed by atoms with Gasteiger partial charge in [0, 0.05) is 29.4 Å². The number of methoxy groups -OCH3 is 1. The van der Waals surface area contributed by atoms with E-state index in [2.05, 4.69) is 9.88 Å². The van der Waals surface area contributed by atoms with E-state index in [1.54, 1.807) is 30.7 Å². The number of thiophene rings is 1. The van der Waals surface area contributed by atoms with Gasteiger partial charge in [-0.05, 0) is 111 Å². The molecule has 0 amide bonds. The van der Waals surface area contributed by atoms with E-state index in [0.717, 1.165) is 67.7 Å². The summed E-state index contributed by atoms with van der Waals surface area (Å²) in [6.45, 7) is 2.89. The third kappa shape index (κ3) is 7.65. The standard InChI is InChI=1S/C29H36ClFN2O3S/c1-36-22-7-9-27-24(18-22)23(11-14-32-27)26(31)8-5-20-12-16-33(19-21(20)6-10-29(34)35)15-3-2-4-28-25(30)13-17-37-28/h7,9,11,13-14,17-18,20-21,26H,2-6,8,10,12,15-16,19H2,1H3,(H,34,35)/t20-,21+,26?/m1/s1. The largest absolute Gasteiger partial charge is 0.497 e. The Hall–Kier alpha value is -2.22. The van der Waals surface area contributed by atoms with E-state index in [9.17, 15) is 9.90 Å². The van der Waals surface area contributed by atoms with Gasteiger partial charge in [0.05, 0.1) is 17.6 Å². The van der Waals surface area contributed by atoms with Gasteiger partial charge in [-0.2, -0.15) is 0 Å². The van der Waals surface area contributed by atoms with Crippen molar-refractivity contribution in [1.82, 2.24) is 9.88 Å². The lowest BCUT2D eigenvalue weighted by Crippen LogP contribution is -2.41. The topological polar surface area (TPSA) is 62.7 Å². The molecule has 2 aromatic heterocycles. The van der Waals surface area contributed by atoms with Crippen LogP contribution in [0.4, 0.5) is 4.39 Å². The van der Waals surface area contributed by atoms with Gasteiger partial charge in [-0.3, -0.25) is 9.78 Å². The number of ether oxygens (including phenoxy) is 1. The fourth-order valence-corrected chi connectivity index (χ4v) is 6.74. The molecule has 0 spiro atoms. The van der Waals surface area contributed by atoms with E-state index in [1.807, 2.05) is 29.6 Å². The fourth-order valence-electron chi connectivity index (χ4n) is 5.56. The molecule has 37 heavy (non-hydrogen) atoms. The first-order valence-electron chi connectivity index (χ1n) is 13.2. The molecule has 0 saturated carbocycles. The van der Waals surface area contributed by atoms with Crippen LogP contribution in [-0.2, 0) is 11.2 Å². The number of halogens is 2. The van der Waals surface area contributed by atoms with Crippen LogP contribution >= 0.6 is 22.9 Å². The van der Waals surface area contributed by atoms with Gasteiger partial charge < -0.3 is 14.7 Å². The maximum absolute atomic E-state index is 15.5. The maximum atomic E-state index is 15.5. The van der Waals surface area contributed by atoms with Gasteiger partial charge in [0.15, 0.2) is 0 Å². The second-order valence-corrected chi connectivity index (χ2v) is 11.4. The number of nitrogens with zero attached hydrogens (tertiary/aromatic N) is 2. The Morgan fingerprint density at radius 2 is 2.14 bits per heavy atom. The molecule has 1 saturated heterocycles. The summed E-state index contributed by atoms with van der Waals surface area (Å²) in [5.74, 6) is 0.539. The highest BCUT2D eigenvalue weighted by atomic mass is 35.5. The first kappa shape index (κ1) is 27.8. The number of likely N-dealkylation sites (tertiary alicyclic amines) is 1. The van der Waals surface area contributed by atoms with Gasteiger partial charge in [-0.15, -0.1) is 11.3 Å². The first-order chi connectivity index (χ1) is 17.9. The molecule has 1 unspecified atom stereocenters. The number of pyridine rings is 1. The van der Waals surface area contributed by atoms with Crippen molar-refractivity contribution in [2.24, 2.45) is 11.8 Å². The lowest BCUT2D eigenvalue weighted by Gasteiger charge is -2.39. The van der Waals surface area contributed by atoms with Crippen LogP contribution in [0.5, 0.6) is 5.75 Å². The number of benzene rings is 1. The molecule has 3 aromatic rings. The molecule has 5 nitrogen and oxygen atoms in total. The summed E-state index contributed by atoms with van der Waals surface area (Å²) in [6, 6.07) is 9.27. The van der Waals surface area contributed by atoms with E-state index >= 15 is 4.39 Å². The fraction of sp³-hybridized carbons (Fsp3) is 0.517. The van der Waals surface area contributed by atoms with Crippen molar-refractivity contribution < 1.29 is 19.0 Å². The molecule has 1 aromatic carbocycles. The normalized spacial score (nSPS) is 19.2. The number of rotatable bonds is 13. The number of unbranched alkanes of at least 4 members (excludes halogenated alkanes) is 1. The van der Waals surface area contributed by atoms with E-state index in [0.29, 0.717) is 30.1 Å². The van der Waals surface area contributed by atoms with Crippen LogP contribution < -0.4 is 4.74 Å². The smallest absolute Gasteiger partial charge is 0.303 e. The quantitative estimate of drug-likeness (QED) is 0.224. The van der Waals surface area contributed by atoms with Crippen molar-refractivity contribution >= 4 is 39.8 Å². The highest BCUT2D eigenvalue weighted by molar-refractivity contribution is 7.10. The molecule has 200 valence electrons. The maximum Gasteiger partial charge on any atom is 0.303 e. The average molecular weight is 547 g/mol. The Bertz CT molecular complexity index is 1170. The summed E-state index contributed by atoms with van der Waals surface area (Å²) in [6.07, 6.45) is 6.73. The second kappa shape index (κ2) is 13.5. The number of piperidine rings is 1. The van der Waals surface area contributed by atoms with Crippen LogP contribution in [0.15, 0.2) is 41.9 Å². The molecule has 1 aliphatic rings. The Balaban J connectivity index is 1.32. The molecule has 1 aliphatic heterocycles. The lowest BCUT2D eigenvalue weighted by atomic mass is 9.79. The summed E-state index contributed by atoms with van der Waals surface area (Å²) < 4.78 is 20.9. The second-order valence-electron chi connectivity index (χ2n) is 10.0. The van der Waals surface area contributed by atoms with Gasteiger partial charge >= 0.3 is 5.97 Å². The van der Waals surface area contributed by atoms with E-state index in [1.165, 1.54) is 4.88 Å². The number of hydrogen-bond acceptors (Lipinski definition) is 5. The zero-order valence-corrected chi connectivity index (χ0v) is 22.9. The van der Waals surface area contributed by atoms with Gasteiger partial charge in [-0.1, -0.05) is 11.6 Å². The molecule has 4 rings (SSSR count). The number of carbonyl (C=O) groups is 1. The number of hydrogen-bond donors (Lipinski definition) is 1. The third-order valence-corrected chi connectivity index (χ3v) is 9.08. The average Bonchev–Trinajstić information content (AvgIpc) is 3.32. The van der Waals surface area contributed by atoms with Crippen molar-refractivity contribution in [1.29, 1.82) is 0 Å². The van der Waals surface area contributed by atoms with Crippen LogP contribution in [0.1, 0.15) is 61.6 Å². The monoisotopic (exact) mass is 546 g/mol. The van der Waals surface area contributed by atoms with E-state index < -0.39 is 12.1 Å². The predicted molar refractivity (Wildman–Crippen MR) is 149 cm³/mol. The Morgan fingerprint density at radius 1 is 1.27 bits per heavy atom. The van der Waals surface area contributed by atoms with Crippen molar-refractivity contribution in [2.75, 3.05) is 26.7 Å². The predicted octanol–water partition coefficient (Wildman–Crippen LogP) is 7.57. The molecular formula is C29H36ClFN2O3S. The number of aliphatic carboxylic acids is 1. The summed E-state index contributed by atoms with van der Waals surface area (Å²) in [7, 11) is 1.60. The summed E-state index contributed by atoms with van der Waals surface area (Å²) in [5.41, 5.74) is 1.41.